The highest BCUT2D eigenvalue weighted by Gasteiger charge is 2.42. The van der Waals surface area contributed by atoms with Crippen LogP contribution in [0.25, 0.3) is 0 Å². The number of hydrogen-bond acceptors (Lipinski definition) is 19. The molecular formula is C65H101N7O15S2. The number of aromatic nitrogens is 1. The molecule has 22 nitrogen and oxygen atoms in total. The van der Waals surface area contributed by atoms with Crippen LogP contribution in [-0.2, 0) is 68.5 Å². The molecule has 0 spiro atoms. The molecular weight excluding hydrogens is 1180 g/mol. The molecule has 0 bridgehead atoms. The summed E-state index contributed by atoms with van der Waals surface area (Å²) in [6, 6.07) is 3.08. The minimum absolute atomic E-state index is 0.00289. The first-order chi connectivity index (χ1) is 42.2. The second-order valence-electron chi connectivity index (χ2n) is 24.5. The van der Waals surface area contributed by atoms with Crippen molar-refractivity contribution >= 4 is 87.5 Å². The van der Waals surface area contributed by atoms with Gasteiger partial charge >= 0.3 is 5.97 Å². The van der Waals surface area contributed by atoms with Gasteiger partial charge in [-0.2, -0.15) is 11.8 Å². The Hall–Kier alpha value is -5.66. The molecule has 89 heavy (non-hydrogen) atoms. The molecule has 3 heterocycles. The number of likely N-dealkylation sites (tertiary alicyclic amines) is 2. The Labute approximate surface area is 535 Å². The summed E-state index contributed by atoms with van der Waals surface area (Å²) in [6.45, 7) is 21.9. The number of aromatic hydroxyl groups is 1. The molecule has 1 unspecified atom stereocenters. The summed E-state index contributed by atoms with van der Waals surface area (Å²) in [5.41, 5.74) is 0.265. The number of ketones is 3. The van der Waals surface area contributed by atoms with Crippen molar-refractivity contribution in [2.45, 2.75) is 201 Å². The number of ether oxygens (including phenoxy) is 4. The van der Waals surface area contributed by atoms with Crippen LogP contribution in [0.4, 0.5) is 5.69 Å². The van der Waals surface area contributed by atoms with Crippen LogP contribution in [0, 0.1) is 23.7 Å². The van der Waals surface area contributed by atoms with Crippen molar-refractivity contribution in [2.75, 3.05) is 77.9 Å². The van der Waals surface area contributed by atoms with Gasteiger partial charge in [-0.15, -0.1) is 11.3 Å². The largest absolute Gasteiger partial charge is 0.506 e. The lowest BCUT2D eigenvalue weighted by atomic mass is 9.81. The third kappa shape index (κ3) is 24.5. The molecule has 4 N–H and O–H groups in total. The van der Waals surface area contributed by atoms with Gasteiger partial charge in [0.25, 0.3) is 5.91 Å². The third-order valence-corrected chi connectivity index (χ3v) is 18.8. The summed E-state index contributed by atoms with van der Waals surface area (Å²) in [5.74, 6) is -4.36. The molecule has 2 aromatic rings. The average molecular weight is 1280 g/mol. The van der Waals surface area contributed by atoms with Crippen LogP contribution >= 0.6 is 23.1 Å². The number of Topliss-reactive ketones (excluding diaryl/α,β-unsaturated/α-hetero) is 3. The van der Waals surface area contributed by atoms with E-state index in [9.17, 15) is 53.1 Å². The van der Waals surface area contributed by atoms with Crippen LogP contribution < -0.4 is 16.0 Å². The Bertz CT molecular complexity index is 2680. The molecule has 1 aromatic carbocycles. The quantitative estimate of drug-likeness (QED) is 0.0211. The lowest BCUT2D eigenvalue weighted by molar-refractivity contribution is -0.150. The van der Waals surface area contributed by atoms with E-state index in [0.29, 0.717) is 75.3 Å². The zero-order valence-electron chi connectivity index (χ0n) is 54.7. The van der Waals surface area contributed by atoms with E-state index in [-0.39, 0.29) is 134 Å². The van der Waals surface area contributed by atoms with Gasteiger partial charge in [-0.05, 0) is 108 Å². The van der Waals surface area contributed by atoms with E-state index in [1.165, 1.54) is 41.0 Å². The Morgan fingerprint density at radius 2 is 1.53 bits per heavy atom. The van der Waals surface area contributed by atoms with Gasteiger partial charge in [0.15, 0.2) is 17.7 Å². The molecule has 2 fully saturated rings. The Morgan fingerprint density at radius 1 is 0.876 bits per heavy atom. The van der Waals surface area contributed by atoms with Crippen LogP contribution in [0.1, 0.15) is 186 Å². The van der Waals surface area contributed by atoms with Crippen LogP contribution in [-0.4, -0.2) is 185 Å². The van der Waals surface area contributed by atoms with Crippen LogP contribution in [0.3, 0.4) is 0 Å². The second kappa shape index (κ2) is 38.3. The predicted molar refractivity (Wildman–Crippen MR) is 342 cm³/mol. The molecule has 24 heteroatoms. The molecule has 0 radical (unpaired) electrons. The van der Waals surface area contributed by atoms with Crippen LogP contribution in [0.5, 0.6) is 5.75 Å². The SMILES string of the molecule is CCC[C@H](Cc1ccc(O)c(NC(=O)[C@H](C)CC(=O)[C@H](C)NC(=O)CCOCCOCCOCCCC(=O)CCCN2C(=O)CC(SC)C2=O)c1)NC(=O)c1csc([C@@H](C[C@H](C(C)C)N(C)C(=O)[C@@H](CC(=O)C(C)(C)N2CCCC2)[C@@H](C)CC)OC(C)=O)n1. The van der Waals surface area contributed by atoms with Crippen molar-refractivity contribution < 1.29 is 72.0 Å². The van der Waals surface area contributed by atoms with E-state index in [0.717, 1.165) is 32.4 Å². The first kappa shape index (κ1) is 75.8. The number of phenols is 1. The summed E-state index contributed by atoms with van der Waals surface area (Å²) in [7, 11) is 1.75. The number of rotatable bonds is 43. The van der Waals surface area contributed by atoms with Gasteiger partial charge in [0.05, 0.1) is 55.6 Å². The first-order valence-corrected chi connectivity index (χ1v) is 33.9. The molecule has 2 saturated heterocycles. The van der Waals surface area contributed by atoms with E-state index in [2.05, 4.69) is 25.8 Å². The number of hydrogen-bond donors (Lipinski definition) is 4. The highest BCUT2D eigenvalue weighted by atomic mass is 32.2. The van der Waals surface area contributed by atoms with Crippen LogP contribution in [0.15, 0.2) is 23.6 Å². The smallest absolute Gasteiger partial charge is 0.303 e. The molecule has 2 aliphatic heterocycles. The van der Waals surface area contributed by atoms with Gasteiger partial charge in [-0.3, -0.25) is 57.7 Å². The van der Waals surface area contributed by atoms with E-state index < -0.39 is 59.3 Å². The normalized spacial score (nSPS) is 17.0. The predicted octanol–water partition coefficient (Wildman–Crippen LogP) is 8.06. The van der Waals surface area contributed by atoms with Crippen molar-refractivity contribution in [2.24, 2.45) is 23.7 Å². The number of thioether (sulfide) groups is 1. The van der Waals surface area contributed by atoms with E-state index in [4.69, 9.17) is 18.9 Å². The lowest BCUT2D eigenvalue weighted by Gasteiger charge is -2.38. The minimum Gasteiger partial charge on any atom is -0.506 e. The van der Waals surface area contributed by atoms with Gasteiger partial charge in [0, 0.05) is 101 Å². The van der Waals surface area contributed by atoms with Crippen molar-refractivity contribution in [3.8, 4) is 5.75 Å². The number of nitrogens with zero attached hydrogens (tertiary/aromatic N) is 4. The maximum absolute atomic E-state index is 14.5. The molecule has 2 aliphatic rings. The highest BCUT2D eigenvalue weighted by molar-refractivity contribution is 8.00. The molecule has 0 saturated carbocycles. The number of anilines is 1. The summed E-state index contributed by atoms with van der Waals surface area (Å²) < 4.78 is 22.4. The summed E-state index contributed by atoms with van der Waals surface area (Å²) >= 11 is 2.54. The molecule has 6 amide bonds. The summed E-state index contributed by atoms with van der Waals surface area (Å²) in [6.07, 6.45) is 7.37. The van der Waals surface area contributed by atoms with Crippen molar-refractivity contribution in [3.05, 3.63) is 39.8 Å². The number of phenolic OH excluding ortho intramolecular Hbond substituents is 1. The van der Waals surface area contributed by atoms with Gasteiger partial charge in [0.2, 0.25) is 29.5 Å². The lowest BCUT2D eigenvalue weighted by Crippen LogP contribution is -2.51. The summed E-state index contributed by atoms with van der Waals surface area (Å²) in [4.78, 5) is 140. The number of carbonyl (C=O) groups is 10. The fraction of sp³-hybridized carbons (Fsp3) is 0.708. The topological polar surface area (TPSA) is 287 Å². The van der Waals surface area contributed by atoms with Gasteiger partial charge < -0.3 is 44.9 Å². The second-order valence-corrected chi connectivity index (χ2v) is 26.5. The van der Waals surface area contributed by atoms with Gasteiger partial charge in [-0.1, -0.05) is 60.5 Å². The fourth-order valence-corrected chi connectivity index (χ4v) is 12.5. The Morgan fingerprint density at radius 3 is 2.15 bits per heavy atom. The molecule has 498 valence electrons. The fourth-order valence-electron chi connectivity index (χ4n) is 11.0. The zero-order valence-corrected chi connectivity index (χ0v) is 56.4. The van der Waals surface area contributed by atoms with Crippen molar-refractivity contribution in [1.82, 2.24) is 30.3 Å². The number of carbonyl (C=O) groups excluding carboxylic acids is 10. The number of amides is 6. The zero-order chi connectivity index (χ0) is 66.0. The van der Waals surface area contributed by atoms with Crippen LogP contribution in [0.2, 0.25) is 0 Å². The molecule has 0 aliphatic carbocycles. The van der Waals surface area contributed by atoms with E-state index in [1.807, 2.05) is 48.5 Å². The molecule has 1 aromatic heterocycles. The standard InChI is InChI=1S/C65H101N7O15S2/c1-13-19-47(67-61(81)51-40-89-62(69-51)55(87-45(8)73)38-52(41(3)4)70(11)63(82)49(42(5)14-2)37-57(77)65(9,10)71-25-15-16-26-71)35-46-22-23-53(75)50(36-46)68-60(80)43(6)34-54(76)44(7)66-58(78)24-29-85-31-33-86-32-30-84-28-18-21-48(74)20-17-27-72-59(79)39-56(88-12)64(72)83/h22-23,36,40-44,47,49,52,55-56,75H,13-21,24-35,37-39H2,1-12H3,(H,66,78)(H,67,81)(H,68,80)/t42-,43+,44-,47+,49-,52+,55+,56?/m0/s1. The monoisotopic (exact) mass is 1280 g/mol. The van der Waals surface area contributed by atoms with Gasteiger partial charge in [-0.25, -0.2) is 4.98 Å². The Kier molecular flexibility index (Phi) is 32.6. The molecule has 4 rings (SSSR count). The number of imide groups is 1. The number of thiazole rings is 1. The summed E-state index contributed by atoms with van der Waals surface area (Å²) in [5, 5.41) is 20.9. The van der Waals surface area contributed by atoms with Gasteiger partial charge in [0.1, 0.15) is 22.2 Å². The highest BCUT2D eigenvalue weighted by Crippen LogP contribution is 2.34. The van der Waals surface area contributed by atoms with Crippen molar-refractivity contribution in [1.29, 1.82) is 0 Å². The molecule has 8 atom stereocenters. The first-order valence-electron chi connectivity index (χ1n) is 31.8. The van der Waals surface area contributed by atoms with Crippen molar-refractivity contribution in [3.63, 3.8) is 0 Å². The Balaban J connectivity index is 1.19. The number of nitrogens with one attached hydrogen (secondary N) is 3. The van der Waals surface area contributed by atoms with E-state index >= 15 is 0 Å². The maximum Gasteiger partial charge on any atom is 0.303 e. The minimum atomic E-state index is -0.879. The average Bonchev–Trinajstić information content (AvgIpc) is 3.94. The number of benzene rings is 1. The number of esters is 1. The van der Waals surface area contributed by atoms with E-state index in [1.54, 1.807) is 49.6 Å². The third-order valence-electron chi connectivity index (χ3n) is 16.9. The maximum atomic E-state index is 14.5.